The Morgan fingerprint density at radius 2 is 2.06 bits per heavy atom. The van der Waals surface area contributed by atoms with Gasteiger partial charge < -0.3 is 0 Å². The van der Waals surface area contributed by atoms with Crippen molar-refractivity contribution in [2.75, 3.05) is 4.90 Å². The number of H-pyrrole nitrogens is 1. The molecule has 1 atom stereocenters. The van der Waals surface area contributed by atoms with Crippen molar-refractivity contribution in [1.82, 2.24) is 15.4 Å². The number of fused-ring (bicyclic) bond motifs is 1. The van der Waals surface area contributed by atoms with Gasteiger partial charge in [0.25, 0.3) is 0 Å². The Hall–Kier alpha value is -2.24. The number of amides is 2. The van der Waals surface area contributed by atoms with E-state index in [1.807, 2.05) is 0 Å². The number of benzene rings is 1. The number of carbonyl (C=O) groups excluding carboxylic acids is 2. The zero-order valence-electron chi connectivity index (χ0n) is 9.17. The van der Waals surface area contributed by atoms with Crippen LogP contribution in [0.15, 0.2) is 18.2 Å². The van der Waals surface area contributed by atoms with Crippen LogP contribution in [0, 0.1) is 5.92 Å². The molecule has 1 fully saturated rings. The monoisotopic (exact) mass is 230 g/mol. The number of carbonyl (C=O) groups is 2. The molecule has 2 aromatic rings. The quantitative estimate of drug-likeness (QED) is 0.737. The third-order valence-corrected chi connectivity index (χ3v) is 2.93. The summed E-state index contributed by atoms with van der Waals surface area (Å²) < 4.78 is 0. The minimum Gasteiger partial charge on any atom is -0.274 e. The van der Waals surface area contributed by atoms with Crippen molar-refractivity contribution in [3.8, 4) is 0 Å². The largest absolute Gasteiger partial charge is 0.274 e. The van der Waals surface area contributed by atoms with Crippen LogP contribution in [0.5, 0.6) is 0 Å². The number of nitrogens with one attached hydrogen (secondary N) is 1. The summed E-state index contributed by atoms with van der Waals surface area (Å²) in [4.78, 5) is 24.8. The number of hydrogen-bond donors (Lipinski definition) is 1. The molecule has 2 heterocycles. The molecule has 1 aliphatic rings. The molecular formula is C11H10N4O2. The number of nitrogens with zero attached hydrogens (tertiary/aromatic N) is 3. The van der Waals surface area contributed by atoms with Gasteiger partial charge in [-0.15, -0.1) is 0 Å². The molecule has 0 saturated carbocycles. The van der Waals surface area contributed by atoms with Gasteiger partial charge in [0.05, 0.1) is 5.69 Å². The molecule has 3 rings (SSSR count). The zero-order chi connectivity index (χ0) is 12.0. The lowest BCUT2D eigenvalue weighted by molar-refractivity contribution is -0.122. The standard InChI is InChI=1S/C11H10N4O2/c1-6-4-10(16)15(11(6)17)7-2-3-8-9(5-7)13-14-12-8/h2-3,5-6H,4H2,1H3,(H,12,13,14). The Balaban J connectivity index is 2.08. The maximum Gasteiger partial charge on any atom is 0.237 e. The van der Waals surface area contributed by atoms with Crippen molar-refractivity contribution in [3.05, 3.63) is 18.2 Å². The van der Waals surface area contributed by atoms with Gasteiger partial charge in [0.15, 0.2) is 0 Å². The Bertz CT molecular complexity index is 619. The predicted octanol–water partition coefficient (Wildman–Crippen LogP) is 0.857. The van der Waals surface area contributed by atoms with Crippen LogP contribution in [0.25, 0.3) is 11.0 Å². The third kappa shape index (κ3) is 1.41. The second kappa shape index (κ2) is 3.38. The van der Waals surface area contributed by atoms with Crippen molar-refractivity contribution in [2.24, 2.45) is 5.92 Å². The van der Waals surface area contributed by atoms with E-state index in [-0.39, 0.29) is 24.2 Å². The van der Waals surface area contributed by atoms with Crippen molar-refractivity contribution in [3.63, 3.8) is 0 Å². The highest BCUT2D eigenvalue weighted by molar-refractivity contribution is 6.21. The first-order valence-corrected chi connectivity index (χ1v) is 5.34. The van der Waals surface area contributed by atoms with Gasteiger partial charge in [0.2, 0.25) is 11.8 Å². The molecule has 86 valence electrons. The highest BCUT2D eigenvalue weighted by Gasteiger charge is 2.36. The molecule has 0 bridgehead atoms. The van der Waals surface area contributed by atoms with E-state index in [9.17, 15) is 9.59 Å². The molecule has 1 aromatic carbocycles. The van der Waals surface area contributed by atoms with E-state index in [1.165, 1.54) is 4.90 Å². The van der Waals surface area contributed by atoms with Crippen LogP contribution in [0.3, 0.4) is 0 Å². The maximum absolute atomic E-state index is 11.9. The summed E-state index contributed by atoms with van der Waals surface area (Å²) in [6.07, 6.45) is 0.273. The van der Waals surface area contributed by atoms with E-state index in [4.69, 9.17) is 0 Å². The van der Waals surface area contributed by atoms with Crippen LogP contribution in [-0.4, -0.2) is 27.2 Å². The summed E-state index contributed by atoms with van der Waals surface area (Å²) in [7, 11) is 0. The van der Waals surface area contributed by atoms with Crippen LogP contribution in [-0.2, 0) is 9.59 Å². The van der Waals surface area contributed by atoms with Crippen molar-refractivity contribution >= 4 is 28.5 Å². The second-order valence-electron chi connectivity index (χ2n) is 4.17. The summed E-state index contributed by atoms with van der Waals surface area (Å²) >= 11 is 0. The molecule has 17 heavy (non-hydrogen) atoms. The molecule has 0 spiro atoms. The lowest BCUT2D eigenvalue weighted by Gasteiger charge is -2.13. The molecule has 2 amide bonds. The first kappa shape index (κ1) is 9.95. The first-order chi connectivity index (χ1) is 8.16. The van der Waals surface area contributed by atoms with Gasteiger partial charge in [-0.05, 0) is 18.2 Å². The van der Waals surface area contributed by atoms with Gasteiger partial charge in [-0.25, -0.2) is 0 Å². The Labute approximate surface area is 96.6 Å². The number of rotatable bonds is 1. The van der Waals surface area contributed by atoms with Gasteiger partial charge in [-0.2, -0.15) is 15.4 Å². The molecular weight excluding hydrogens is 220 g/mol. The number of anilines is 1. The summed E-state index contributed by atoms with van der Waals surface area (Å²) in [6, 6.07) is 5.13. The minimum atomic E-state index is -0.240. The smallest absolute Gasteiger partial charge is 0.237 e. The van der Waals surface area contributed by atoms with Crippen LogP contribution in [0.2, 0.25) is 0 Å². The average Bonchev–Trinajstić information content (AvgIpc) is 2.84. The van der Waals surface area contributed by atoms with Crippen LogP contribution in [0.1, 0.15) is 13.3 Å². The number of hydrogen-bond acceptors (Lipinski definition) is 4. The van der Waals surface area contributed by atoms with Crippen molar-refractivity contribution in [1.29, 1.82) is 0 Å². The van der Waals surface area contributed by atoms with E-state index < -0.39 is 0 Å². The number of aromatic amines is 1. The molecule has 1 unspecified atom stereocenters. The molecule has 1 aromatic heterocycles. The topological polar surface area (TPSA) is 79.0 Å². The SMILES string of the molecule is CC1CC(=O)N(c2ccc3n[nH]nc3c2)C1=O. The Morgan fingerprint density at radius 3 is 2.76 bits per heavy atom. The maximum atomic E-state index is 11.9. The third-order valence-electron chi connectivity index (χ3n) is 2.93. The molecule has 0 radical (unpaired) electrons. The summed E-state index contributed by atoms with van der Waals surface area (Å²) in [5.74, 6) is -0.557. The fraction of sp³-hybridized carbons (Fsp3) is 0.273. The molecule has 1 aliphatic heterocycles. The van der Waals surface area contributed by atoms with E-state index in [0.717, 1.165) is 0 Å². The second-order valence-corrected chi connectivity index (χ2v) is 4.17. The molecule has 0 aliphatic carbocycles. The normalized spacial score (nSPS) is 20.5. The van der Waals surface area contributed by atoms with E-state index in [2.05, 4.69) is 15.4 Å². The van der Waals surface area contributed by atoms with Crippen LogP contribution in [0.4, 0.5) is 5.69 Å². The lowest BCUT2D eigenvalue weighted by atomic mass is 10.1. The molecule has 6 heteroatoms. The van der Waals surface area contributed by atoms with Gasteiger partial charge in [-0.1, -0.05) is 6.92 Å². The molecule has 6 nitrogen and oxygen atoms in total. The van der Waals surface area contributed by atoms with Gasteiger partial charge in [0.1, 0.15) is 11.0 Å². The highest BCUT2D eigenvalue weighted by Crippen LogP contribution is 2.27. The van der Waals surface area contributed by atoms with E-state index >= 15 is 0 Å². The van der Waals surface area contributed by atoms with Crippen LogP contribution >= 0.6 is 0 Å². The molecule has 1 N–H and O–H groups in total. The first-order valence-electron chi connectivity index (χ1n) is 5.34. The van der Waals surface area contributed by atoms with Gasteiger partial charge in [0, 0.05) is 12.3 Å². The molecule has 1 saturated heterocycles. The number of imide groups is 1. The van der Waals surface area contributed by atoms with Crippen molar-refractivity contribution < 1.29 is 9.59 Å². The van der Waals surface area contributed by atoms with E-state index in [1.54, 1.807) is 25.1 Å². The van der Waals surface area contributed by atoms with Crippen molar-refractivity contribution in [2.45, 2.75) is 13.3 Å². The number of aromatic nitrogens is 3. The van der Waals surface area contributed by atoms with Gasteiger partial charge in [-0.3, -0.25) is 14.5 Å². The van der Waals surface area contributed by atoms with Gasteiger partial charge >= 0.3 is 0 Å². The summed E-state index contributed by atoms with van der Waals surface area (Å²) in [6.45, 7) is 1.76. The highest BCUT2D eigenvalue weighted by atomic mass is 16.2. The fourth-order valence-electron chi connectivity index (χ4n) is 2.02. The lowest BCUT2D eigenvalue weighted by Crippen LogP contribution is -2.29. The predicted molar refractivity (Wildman–Crippen MR) is 60.2 cm³/mol. The van der Waals surface area contributed by atoms with Crippen LogP contribution < -0.4 is 4.90 Å². The fourth-order valence-corrected chi connectivity index (χ4v) is 2.02. The zero-order valence-corrected chi connectivity index (χ0v) is 9.17. The minimum absolute atomic E-state index is 0.155. The Kier molecular flexibility index (Phi) is 1.98. The Morgan fingerprint density at radius 1 is 1.29 bits per heavy atom. The van der Waals surface area contributed by atoms with E-state index in [0.29, 0.717) is 16.7 Å². The summed E-state index contributed by atoms with van der Waals surface area (Å²) in [5, 5.41) is 10.3. The summed E-state index contributed by atoms with van der Waals surface area (Å²) in [5.41, 5.74) is 1.91. The average molecular weight is 230 g/mol.